The molecule has 0 fully saturated rings. The van der Waals surface area contributed by atoms with Crippen LogP contribution in [-0.4, -0.2) is 30.3 Å². The number of hydrogen-bond donors (Lipinski definition) is 1. The van der Waals surface area contributed by atoms with Crippen molar-refractivity contribution < 1.29 is 4.74 Å². The zero-order valence-electron chi connectivity index (χ0n) is 19.0. The van der Waals surface area contributed by atoms with Gasteiger partial charge in [-0.3, -0.25) is 4.99 Å². The SMILES string of the molecule is CCc1ccc(C(N)=CC(OC)=C2N=C(c3ccc(SC(C)C)cc3)CN=C2C)cc1. The third kappa shape index (κ3) is 5.88. The van der Waals surface area contributed by atoms with E-state index in [-0.39, 0.29) is 0 Å². The fraction of sp³-hybridized carbons (Fsp3) is 0.308. The summed E-state index contributed by atoms with van der Waals surface area (Å²) in [7, 11) is 1.64. The van der Waals surface area contributed by atoms with Crippen LogP contribution in [0.15, 0.2) is 80.9 Å². The minimum Gasteiger partial charge on any atom is -0.494 e. The first-order valence-corrected chi connectivity index (χ1v) is 11.5. The molecule has 0 atom stereocenters. The highest BCUT2D eigenvalue weighted by Crippen LogP contribution is 2.25. The number of aliphatic imine (C=N–C) groups is 2. The monoisotopic (exact) mass is 433 g/mol. The van der Waals surface area contributed by atoms with Crippen LogP contribution in [0.3, 0.4) is 0 Å². The minimum atomic E-state index is 0.555. The lowest BCUT2D eigenvalue weighted by Gasteiger charge is -2.16. The first-order valence-electron chi connectivity index (χ1n) is 10.6. The third-order valence-electron chi connectivity index (χ3n) is 5.05. The summed E-state index contributed by atoms with van der Waals surface area (Å²) >= 11 is 1.85. The molecule has 0 saturated heterocycles. The molecule has 0 aromatic heterocycles. The van der Waals surface area contributed by atoms with Crippen molar-refractivity contribution in [3.63, 3.8) is 0 Å². The van der Waals surface area contributed by atoms with Crippen molar-refractivity contribution >= 4 is 28.9 Å². The maximum absolute atomic E-state index is 6.37. The number of aryl methyl sites for hydroxylation is 1. The average molecular weight is 434 g/mol. The van der Waals surface area contributed by atoms with Gasteiger partial charge in [0.1, 0.15) is 11.5 Å². The highest BCUT2D eigenvalue weighted by molar-refractivity contribution is 7.99. The fourth-order valence-corrected chi connectivity index (χ4v) is 4.13. The summed E-state index contributed by atoms with van der Waals surface area (Å²) in [6.45, 7) is 9.04. The van der Waals surface area contributed by atoms with E-state index in [1.165, 1.54) is 10.5 Å². The van der Waals surface area contributed by atoms with Gasteiger partial charge in [0.05, 0.1) is 25.1 Å². The van der Waals surface area contributed by atoms with Gasteiger partial charge in [-0.15, -0.1) is 11.8 Å². The van der Waals surface area contributed by atoms with Crippen LogP contribution in [0.2, 0.25) is 0 Å². The summed E-state index contributed by atoms with van der Waals surface area (Å²) in [6.07, 6.45) is 2.84. The summed E-state index contributed by atoms with van der Waals surface area (Å²) in [6, 6.07) is 16.8. The topological polar surface area (TPSA) is 60.0 Å². The van der Waals surface area contributed by atoms with Crippen LogP contribution >= 0.6 is 11.8 Å². The highest BCUT2D eigenvalue weighted by Gasteiger charge is 2.17. The maximum Gasteiger partial charge on any atom is 0.148 e. The molecule has 162 valence electrons. The molecule has 0 radical (unpaired) electrons. The summed E-state index contributed by atoms with van der Waals surface area (Å²) in [5, 5.41) is 0.555. The van der Waals surface area contributed by atoms with Gasteiger partial charge in [0.2, 0.25) is 0 Å². The molecule has 0 bridgehead atoms. The highest BCUT2D eigenvalue weighted by atomic mass is 32.2. The Morgan fingerprint density at radius 3 is 2.39 bits per heavy atom. The molecular formula is C26H31N3OS. The smallest absolute Gasteiger partial charge is 0.148 e. The van der Waals surface area contributed by atoms with Gasteiger partial charge in [-0.2, -0.15) is 0 Å². The van der Waals surface area contributed by atoms with Crippen molar-refractivity contribution in [2.75, 3.05) is 13.7 Å². The van der Waals surface area contributed by atoms with Gasteiger partial charge in [-0.25, -0.2) is 4.99 Å². The number of nitrogens with two attached hydrogens (primary N) is 1. The molecule has 2 aromatic carbocycles. The molecule has 0 aliphatic carbocycles. The second-order valence-corrected chi connectivity index (χ2v) is 9.37. The first kappa shape index (κ1) is 22.9. The predicted octanol–water partition coefficient (Wildman–Crippen LogP) is 5.87. The molecule has 1 heterocycles. The number of hydrogen-bond acceptors (Lipinski definition) is 5. The number of thioether (sulfide) groups is 1. The molecule has 0 spiro atoms. The number of rotatable bonds is 7. The number of methoxy groups -OCH3 is 1. The van der Waals surface area contributed by atoms with E-state index in [1.54, 1.807) is 7.11 Å². The second kappa shape index (κ2) is 10.5. The largest absolute Gasteiger partial charge is 0.494 e. The summed E-state index contributed by atoms with van der Waals surface area (Å²) in [4.78, 5) is 10.8. The van der Waals surface area contributed by atoms with Crippen LogP contribution in [0.25, 0.3) is 5.70 Å². The predicted molar refractivity (Wildman–Crippen MR) is 134 cm³/mol. The van der Waals surface area contributed by atoms with E-state index in [2.05, 4.69) is 62.2 Å². The lowest BCUT2D eigenvalue weighted by atomic mass is 10.1. The van der Waals surface area contributed by atoms with Crippen molar-refractivity contribution in [3.05, 3.63) is 82.8 Å². The molecule has 31 heavy (non-hydrogen) atoms. The number of benzene rings is 2. The quantitative estimate of drug-likeness (QED) is 0.439. The van der Waals surface area contributed by atoms with Crippen LogP contribution in [0.1, 0.15) is 44.4 Å². The molecule has 2 N–H and O–H groups in total. The second-order valence-electron chi connectivity index (χ2n) is 7.72. The van der Waals surface area contributed by atoms with E-state index in [4.69, 9.17) is 15.5 Å². The van der Waals surface area contributed by atoms with Gasteiger partial charge >= 0.3 is 0 Å². The van der Waals surface area contributed by atoms with Crippen LogP contribution in [-0.2, 0) is 11.2 Å². The molecule has 5 heteroatoms. The zero-order valence-corrected chi connectivity index (χ0v) is 19.8. The molecular weight excluding hydrogens is 402 g/mol. The van der Waals surface area contributed by atoms with Gasteiger partial charge in [0.25, 0.3) is 0 Å². The minimum absolute atomic E-state index is 0.555. The lowest BCUT2D eigenvalue weighted by Crippen LogP contribution is -2.16. The molecule has 0 saturated carbocycles. The summed E-state index contributed by atoms with van der Waals surface area (Å²) in [5.41, 5.74) is 12.8. The number of ether oxygens (including phenoxy) is 1. The van der Waals surface area contributed by atoms with E-state index in [1.807, 2.05) is 36.9 Å². The summed E-state index contributed by atoms with van der Waals surface area (Å²) < 4.78 is 5.68. The van der Waals surface area contributed by atoms with Crippen LogP contribution < -0.4 is 5.73 Å². The third-order valence-corrected chi connectivity index (χ3v) is 6.07. The van der Waals surface area contributed by atoms with E-state index in [0.717, 1.165) is 34.7 Å². The van der Waals surface area contributed by atoms with E-state index >= 15 is 0 Å². The molecule has 2 aromatic rings. The van der Waals surface area contributed by atoms with Crippen LogP contribution in [0, 0.1) is 0 Å². The van der Waals surface area contributed by atoms with Gasteiger partial charge < -0.3 is 10.5 Å². The van der Waals surface area contributed by atoms with Crippen molar-refractivity contribution in [1.82, 2.24) is 0 Å². The Labute approximate surface area is 190 Å². The van der Waals surface area contributed by atoms with E-state index < -0.39 is 0 Å². The number of nitrogens with zero attached hydrogens (tertiary/aromatic N) is 2. The van der Waals surface area contributed by atoms with Crippen LogP contribution in [0.4, 0.5) is 0 Å². The van der Waals surface area contributed by atoms with Crippen LogP contribution in [0.5, 0.6) is 0 Å². The molecule has 0 unspecified atom stereocenters. The van der Waals surface area contributed by atoms with Gasteiger partial charge in [-0.1, -0.05) is 57.2 Å². The van der Waals surface area contributed by atoms with Gasteiger partial charge in [0.15, 0.2) is 0 Å². The molecule has 0 amide bonds. The normalized spacial score (nSPS) is 16.1. The molecule has 3 rings (SSSR count). The Morgan fingerprint density at radius 2 is 1.81 bits per heavy atom. The number of allylic oxidation sites excluding steroid dienone is 2. The van der Waals surface area contributed by atoms with Gasteiger partial charge in [0, 0.05) is 21.9 Å². The van der Waals surface area contributed by atoms with Crippen molar-refractivity contribution in [1.29, 1.82) is 0 Å². The molecule has 1 aliphatic rings. The lowest BCUT2D eigenvalue weighted by molar-refractivity contribution is 0.304. The summed E-state index contributed by atoms with van der Waals surface area (Å²) in [5.74, 6) is 0.613. The Bertz CT molecular complexity index is 1030. The average Bonchev–Trinajstić information content (AvgIpc) is 2.78. The zero-order chi connectivity index (χ0) is 22.4. The Balaban J connectivity index is 1.93. The van der Waals surface area contributed by atoms with E-state index in [0.29, 0.717) is 23.3 Å². The van der Waals surface area contributed by atoms with Gasteiger partial charge in [-0.05, 0) is 42.2 Å². The maximum atomic E-state index is 6.37. The first-order chi connectivity index (χ1) is 14.9. The Hall–Kier alpha value is -2.79. The Kier molecular flexibility index (Phi) is 7.75. The standard InChI is InChI=1S/C26H31N3OS/c1-6-19-7-9-20(10-8-19)23(27)15-25(30-5)26-18(4)28-16-24(29-26)21-11-13-22(14-12-21)31-17(2)3/h7-15,17H,6,16,27H2,1-5H3. The van der Waals surface area contributed by atoms with Crippen molar-refractivity contribution in [2.45, 2.75) is 44.3 Å². The van der Waals surface area contributed by atoms with Crippen molar-refractivity contribution in [2.24, 2.45) is 15.7 Å². The Morgan fingerprint density at radius 1 is 1.13 bits per heavy atom. The molecule has 1 aliphatic heterocycles. The van der Waals surface area contributed by atoms with E-state index in [9.17, 15) is 0 Å². The van der Waals surface area contributed by atoms with Crippen molar-refractivity contribution in [3.8, 4) is 0 Å². The fourth-order valence-electron chi connectivity index (χ4n) is 3.29. The molecule has 4 nitrogen and oxygen atoms in total.